The summed E-state index contributed by atoms with van der Waals surface area (Å²) in [4.78, 5) is 40.6. The van der Waals surface area contributed by atoms with E-state index in [9.17, 15) is 14.4 Å². The highest BCUT2D eigenvalue weighted by Gasteiger charge is 2.13. The zero-order valence-corrected chi connectivity index (χ0v) is 16.8. The molecule has 3 rings (SSSR count). The van der Waals surface area contributed by atoms with Crippen molar-refractivity contribution in [1.29, 1.82) is 0 Å². The average Bonchev–Trinajstić information content (AvgIpc) is 3.13. The first kappa shape index (κ1) is 20.3. The Morgan fingerprint density at radius 3 is 2.17 bits per heavy atom. The number of nitrogens with one attached hydrogen (secondary N) is 2. The molecule has 8 heteroatoms. The van der Waals surface area contributed by atoms with Gasteiger partial charge in [0.25, 0.3) is 0 Å². The van der Waals surface area contributed by atoms with Gasteiger partial charge in [-0.3, -0.25) is 14.4 Å². The van der Waals surface area contributed by atoms with Crippen LogP contribution in [0.15, 0.2) is 65.8 Å². The molecule has 2 amide bonds. The van der Waals surface area contributed by atoms with Gasteiger partial charge in [0, 0.05) is 48.2 Å². The molecule has 0 spiro atoms. The van der Waals surface area contributed by atoms with Gasteiger partial charge in [-0.25, -0.2) is 4.98 Å². The Balaban J connectivity index is 1.52. The Morgan fingerprint density at radius 2 is 1.59 bits per heavy atom. The second kappa shape index (κ2) is 9.20. The van der Waals surface area contributed by atoms with Gasteiger partial charge in [0.2, 0.25) is 17.6 Å². The van der Waals surface area contributed by atoms with E-state index < -0.39 is 0 Å². The quantitative estimate of drug-likeness (QED) is 0.462. The van der Waals surface area contributed by atoms with Crippen molar-refractivity contribution in [3.8, 4) is 0 Å². The fourth-order valence-corrected chi connectivity index (χ4v) is 3.30. The number of aromatic nitrogens is 2. The molecule has 0 saturated carbocycles. The van der Waals surface area contributed by atoms with E-state index in [1.807, 2.05) is 12.1 Å². The number of hydrogen-bond acceptors (Lipinski definition) is 5. The standard InChI is InChI=1S/C21H20N4O3S/c1-14(26)23-16-7-9-18(10-8-16)29-13-19(27)24-17-5-3-15(4-6-17)20(28)21-22-11-12-25(21)2/h3-12H,13H2,1-2H3,(H,23,26)(H,24,27). The fraction of sp³-hybridized carbons (Fsp3) is 0.143. The molecule has 0 aliphatic heterocycles. The largest absolute Gasteiger partial charge is 0.331 e. The number of thioether (sulfide) groups is 1. The third-order valence-electron chi connectivity index (χ3n) is 4.00. The van der Waals surface area contributed by atoms with Gasteiger partial charge in [0.05, 0.1) is 5.75 Å². The van der Waals surface area contributed by atoms with Crippen LogP contribution in [0.3, 0.4) is 0 Å². The van der Waals surface area contributed by atoms with Crippen LogP contribution in [0.5, 0.6) is 0 Å². The Hall–Kier alpha value is -3.39. The molecule has 1 heterocycles. The lowest BCUT2D eigenvalue weighted by atomic mass is 10.1. The Morgan fingerprint density at radius 1 is 0.966 bits per heavy atom. The second-order valence-corrected chi connectivity index (χ2v) is 7.36. The van der Waals surface area contributed by atoms with Crippen LogP contribution in [0.2, 0.25) is 0 Å². The first-order valence-corrected chi connectivity index (χ1v) is 9.83. The van der Waals surface area contributed by atoms with Gasteiger partial charge < -0.3 is 15.2 Å². The van der Waals surface area contributed by atoms with Crippen molar-refractivity contribution in [3.05, 3.63) is 72.3 Å². The van der Waals surface area contributed by atoms with E-state index in [2.05, 4.69) is 15.6 Å². The summed E-state index contributed by atoms with van der Waals surface area (Å²) in [7, 11) is 1.76. The maximum Gasteiger partial charge on any atom is 0.234 e. The highest BCUT2D eigenvalue weighted by atomic mass is 32.2. The van der Waals surface area contributed by atoms with Crippen LogP contribution in [0, 0.1) is 0 Å². The van der Waals surface area contributed by atoms with E-state index in [4.69, 9.17) is 0 Å². The van der Waals surface area contributed by atoms with Crippen molar-refractivity contribution in [1.82, 2.24) is 9.55 Å². The van der Waals surface area contributed by atoms with Crippen molar-refractivity contribution in [2.45, 2.75) is 11.8 Å². The van der Waals surface area contributed by atoms with E-state index in [-0.39, 0.29) is 23.4 Å². The van der Waals surface area contributed by atoms with Crippen LogP contribution in [0.25, 0.3) is 0 Å². The number of amides is 2. The third kappa shape index (κ3) is 5.55. The van der Waals surface area contributed by atoms with E-state index >= 15 is 0 Å². The molecule has 0 fully saturated rings. The lowest BCUT2D eigenvalue weighted by Crippen LogP contribution is -2.14. The fourth-order valence-electron chi connectivity index (χ4n) is 2.60. The number of ketones is 1. The molecule has 0 saturated heterocycles. The summed E-state index contributed by atoms with van der Waals surface area (Å²) in [6.07, 6.45) is 3.29. The van der Waals surface area contributed by atoms with Crippen molar-refractivity contribution in [3.63, 3.8) is 0 Å². The predicted octanol–water partition coefficient (Wildman–Crippen LogP) is 3.34. The van der Waals surface area contributed by atoms with Crippen LogP contribution in [0.4, 0.5) is 11.4 Å². The molecule has 2 aromatic carbocycles. The Bertz CT molecular complexity index is 1030. The zero-order valence-electron chi connectivity index (χ0n) is 16.0. The minimum Gasteiger partial charge on any atom is -0.331 e. The summed E-state index contributed by atoms with van der Waals surface area (Å²) in [6, 6.07) is 14.0. The Labute approximate surface area is 172 Å². The minimum absolute atomic E-state index is 0.127. The number of hydrogen-bond donors (Lipinski definition) is 2. The Kier molecular flexibility index (Phi) is 6.46. The predicted molar refractivity (Wildman–Crippen MR) is 113 cm³/mol. The molecule has 0 radical (unpaired) electrons. The molecule has 0 bridgehead atoms. The molecule has 0 aliphatic carbocycles. The van der Waals surface area contributed by atoms with Crippen LogP contribution >= 0.6 is 11.8 Å². The molecular formula is C21H20N4O3S. The van der Waals surface area contributed by atoms with E-state index in [0.29, 0.717) is 22.8 Å². The smallest absolute Gasteiger partial charge is 0.234 e. The summed E-state index contributed by atoms with van der Waals surface area (Å²) in [6.45, 7) is 1.45. The number of carbonyl (C=O) groups is 3. The van der Waals surface area contributed by atoms with Gasteiger partial charge >= 0.3 is 0 Å². The molecule has 0 unspecified atom stereocenters. The first-order valence-electron chi connectivity index (χ1n) is 8.85. The average molecular weight is 408 g/mol. The molecule has 0 atom stereocenters. The molecule has 0 aliphatic rings. The number of nitrogens with zero attached hydrogens (tertiary/aromatic N) is 2. The highest BCUT2D eigenvalue weighted by molar-refractivity contribution is 8.00. The topological polar surface area (TPSA) is 93.1 Å². The number of carbonyl (C=O) groups excluding carboxylic acids is 3. The second-order valence-electron chi connectivity index (χ2n) is 6.31. The molecule has 29 heavy (non-hydrogen) atoms. The molecule has 148 valence electrons. The van der Waals surface area contributed by atoms with E-state index in [1.54, 1.807) is 60.4 Å². The van der Waals surface area contributed by atoms with Gasteiger partial charge in [-0.2, -0.15) is 0 Å². The molecule has 1 aromatic heterocycles. The molecular weight excluding hydrogens is 388 g/mol. The summed E-state index contributed by atoms with van der Waals surface area (Å²) in [5, 5.41) is 5.51. The van der Waals surface area contributed by atoms with E-state index in [1.165, 1.54) is 18.7 Å². The van der Waals surface area contributed by atoms with Crippen molar-refractivity contribution < 1.29 is 14.4 Å². The van der Waals surface area contributed by atoms with Crippen LogP contribution in [-0.2, 0) is 16.6 Å². The van der Waals surface area contributed by atoms with Gasteiger partial charge in [0.15, 0.2) is 5.82 Å². The number of imidazole rings is 1. The summed E-state index contributed by atoms with van der Waals surface area (Å²) < 4.78 is 1.66. The lowest BCUT2D eigenvalue weighted by molar-refractivity contribution is -0.114. The van der Waals surface area contributed by atoms with Crippen LogP contribution in [-0.4, -0.2) is 32.9 Å². The normalized spacial score (nSPS) is 10.4. The van der Waals surface area contributed by atoms with Crippen LogP contribution < -0.4 is 10.6 Å². The number of benzene rings is 2. The minimum atomic E-state index is -0.173. The van der Waals surface area contributed by atoms with Crippen molar-refractivity contribution >= 4 is 40.7 Å². The first-order chi connectivity index (χ1) is 13.9. The maximum atomic E-state index is 12.4. The van der Waals surface area contributed by atoms with Gasteiger partial charge in [-0.05, 0) is 48.5 Å². The van der Waals surface area contributed by atoms with Gasteiger partial charge in [0.1, 0.15) is 0 Å². The van der Waals surface area contributed by atoms with Gasteiger partial charge in [-0.15, -0.1) is 11.8 Å². The van der Waals surface area contributed by atoms with Crippen molar-refractivity contribution in [2.75, 3.05) is 16.4 Å². The monoisotopic (exact) mass is 408 g/mol. The molecule has 3 aromatic rings. The van der Waals surface area contributed by atoms with Crippen molar-refractivity contribution in [2.24, 2.45) is 7.05 Å². The van der Waals surface area contributed by atoms with Crippen LogP contribution in [0.1, 0.15) is 23.1 Å². The number of aryl methyl sites for hydroxylation is 1. The van der Waals surface area contributed by atoms with Gasteiger partial charge in [-0.1, -0.05) is 0 Å². The highest BCUT2D eigenvalue weighted by Crippen LogP contribution is 2.21. The third-order valence-corrected chi connectivity index (χ3v) is 5.01. The molecule has 2 N–H and O–H groups in total. The summed E-state index contributed by atoms with van der Waals surface area (Å²) >= 11 is 1.39. The zero-order chi connectivity index (χ0) is 20.8. The maximum absolute atomic E-state index is 12.4. The molecule has 7 nitrogen and oxygen atoms in total. The summed E-state index contributed by atoms with van der Waals surface area (Å²) in [5.41, 5.74) is 1.84. The number of anilines is 2. The summed E-state index contributed by atoms with van der Waals surface area (Å²) in [5.74, 6) is 0.158. The van der Waals surface area contributed by atoms with E-state index in [0.717, 1.165) is 4.90 Å². The number of rotatable bonds is 7. The SMILES string of the molecule is CC(=O)Nc1ccc(SCC(=O)Nc2ccc(C(=O)c3nccn3C)cc2)cc1. The lowest BCUT2D eigenvalue weighted by Gasteiger charge is -2.07.